The fourth-order valence-electron chi connectivity index (χ4n) is 2.54. The zero-order chi connectivity index (χ0) is 19.8. The Morgan fingerprint density at radius 1 is 1.04 bits per heavy atom. The van der Waals surface area contributed by atoms with E-state index >= 15 is 0 Å². The predicted molar refractivity (Wildman–Crippen MR) is 104 cm³/mol. The third-order valence-electron chi connectivity index (χ3n) is 3.87. The first-order valence-electron chi connectivity index (χ1n) is 8.56. The highest BCUT2D eigenvalue weighted by Gasteiger charge is 2.17. The Kier molecular flexibility index (Phi) is 6.97. The predicted octanol–water partition coefficient (Wildman–Crippen LogP) is 4.91. The van der Waals surface area contributed by atoms with E-state index in [-0.39, 0.29) is 28.9 Å². The molecule has 1 aromatic heterocycles. The van der Waals surface area contributed by atoms with Crippen molar-refractivity contribution in [3.05, 3.63) is 89.6 Å². The summed E-state index contributed by atoms with van der Waals surface area (Å²) < 4.78 is 31.2. The monoisotopic (exact) mass is 400 g/mol. The van der Waals surface area contributed by atoms with Crippen LogP contribution in [0.1, 0.15) is 21.5 Å². The van der Waals surface area contributed by atoms with E-state index in [1.54, 1.807) is 6.07 Å². The van der Waals surface area contributed by atoms with Gasteiger partial charge < -0.3 is 10.1 Å². The average molecular weight is 400 g/mol. The molecule has 0 unspecified atom stereocenters. The molecule has 0 spiro atoms. The molecule has 0 radical (unpaired) electrons. The van der Waals surface area contributed by atoms with Crippen LogP contribution in [0.3, 0.4) is 0 Å². The van der Waals surface area contributed by atoms with Crippen molar-refractivity contribution in [3.63, 3.8) is 0 Å². The number of benzene rings is 2. The van der Waals surface area contributed by atoms with E-state index in [0.29, 0.717) is 12.4 Å². The first-order valence-corrected chi connectivity index (χ1v) is 9.44. The molecule has 0 bridgehead atoms. The summed E-state index contributed by atoms with van der Waals surface area (Å²) in [7, 11) is 0. The molecule has 0 aliphatic carbocycles. The summed E-state index contributed by atoms with van der Waals surface area (Å²) in [4.78, 5) is 16.3. The van der Waals surface area contributed by atoms with Gasteiger partial charge in [0.05, 0.1) is 5.56 Å². The number of carbonyl (C=O) groups is 1. The lowest BCUT2D eigenvalue weighted by Gasteiger charge is -2.13. The Balaban J connectivity index is 1.66. The number of aromatic nitrogens is 1. The standard InChI is InChI=1S/C21H18F2N2O2S/c22-21(23)28-20-17(10-6-12-24-20)19(26)25-13-16-9-4-5-11-18(16)27-14-15-7-2-1-3-8-15/h1-12,21H,13-14H2,(H,25,26). The van der Waals surface area contributed by atoms with Gasteiger partial charge in [-0.15, -0.1) is 0 Å². The Bertz CT molecular complexity index is 923. The molecule has 1 amide bonds. The molecule has 3 aromatic rings. The van der Waals surface area contributed by atoms with Gasteiger partial charge in [-0.3, -0.25) is 4.79 Å². The maximum absolute atomic E-state index is 12.7. The van der Waals surface area contributed by atoms with E-state index in [1.165, 1.54) is 12.3 Å². The highest BCUT2D eigenvalue weighted by atomic mass is 32.2. The van der Waals surface area contributed by atoms with Gasteiger partial charge in [0.25, 0.3) is 11.7 Å². The van der Waals surface area contributed by atoms with E-state index in [9.17, 15) is 13.6 Å². The van der Waals surface area contributed by atoms with Crippen LogP contribution < -0.4 is 10.1 Å². The largest absolute Gasteiger partial charge is 0.489 e. The lowest BCUT2D eigenvalue weighted by Crippen LogP contribution is -2.24. The van der Waals surface area contributed by atoms with E-state index in [2.05, 4.69) is 10.3 Å². The number of alkyl halides is 2. The fourth-order valence-corrected chi connectivity index (χ4v) is 3.12. The van der Waals surface area contributed by atoms with Gasteiger partial charge in [-0.2, -0.15) is 8.78 Å². The zero-order valence-corrected chi connectivity index (χ0v) is 15.7. The molecule has 1 heterocycles. The Labute approximate surface area is 166 Å². The number of nitrogens with zero attached hydrogens (tertiary/aromatic N) is 1. The molecule has 3 rings (SSSR count). The number of carbonyl (C=O) groups excluding carboxylic acids is 1. The summed E-state index contributed by atoms with van der Waals surface area (Å²) in [6, 6.07) is 20.1. The molecule has 1 N–H and O–H groups in total. The number of hydrogen-bond acceptors (Lipinski definition) is 4. The summed E-state index contributed by atoms with van der Waals surface area (Å²) in [5.74, 6) is -2.46. The smallest absolute Gasteiger partial charge is 0.290 e. The minimum atomic E-state index is -2.64. The second-order valence-corrected chi connectivity index (χ2v) is 6.78. The minimum absolute atomic E-state index is 0.00335. The molecule has 7 heteroatoms. The number of ether oxygens (including phenoxy) is 1. The number of amides is 1. The molecule has 2 aromatic carbocycles. The number of pyridine rings is 1. The lowest BCUT2D eigenvalue weighted by molar-refractivity contribution is 0.0947. The second-order valence-electron chi connectivity index (χ2n) is 5.80. The number of thioether (sulfide) groups is 1. The van der Waals surface area contributed by atoms with Gasteiger partial charge in [0.15, 0.2) is 0 Å². The van der Waals surface area contributed by atoms with Crippen LogP contribution in [0.25, 0.3) is 0 Å². The SMILES string of the molecule is O=C(NCc1ccccc1OCc1ccccc1)c1cccnc1SC(F)F. The minimum Gasteiger partial charge on any atom is -0.489 e. The van der Waals surface area contributed by atoms with E-state index in [0.717, 1.165) is 11.1 Å². The van der Waals surface area contributed by atoms with Crippen LogP contribution in [-0.2, 0) is 13.2 Å². The van der Waals surface area contributed by atoms with Gasteiger partial charge in [-0.25, -0.2) is 4.98 Å². The number of hydrogen-bond donors (Lipinski definition) is 1. The van der Waals surface area contributed by atoms with Crippen molar-refractivity contribution in [2.75, 3.05) is 0 Å². The molecule has 0 aliphatic heterocycles. The van der Waals surface area contributed by atoms with Crippen LogP contribution in [0.15, 0.2) is 78.0 Å². The Hall–Kier alpha value is -2.93. The van der Waals surface area contributed by atoms with Crippen molar-refractivity contribution in [1.82, 2.24) is 10.3 Å². The maximum Gasteiger partial charge on any atom is 0.290 e. The maximum atomic E-state index is 12.7. The van der Waals surface area contributed by atoms with Crippen molar-refractivity contribution in [2.45, 2.75) is 23.9 Å². The summed E-state index contributed by atoms with van der Waals surface area (Å²) >= 11 is 0.254. The quantitative estimate of drug-likeness (QED) is 0.546. The van der Waals surface area contributed by atoms with E-state index < -0.39 is 11.7 Å². The number of rotatable bonds is 8. The van der Waals surface area contributed by atoms with Crippen molar-refractivity contribution < 1.29 is 18.3 Å². The van der Waals surface area contributed by atoms with Gasteiger partial charge in [0.2, 0.25) is 0 Å². The third-order valence-corrected chi connectivity index (χ3v) is 4.59. The van der Waals surface area contributed by atoms with Crippen LogP contribution in [0.4, 0.5) is 8.78 Å². The topological polar surface area (TPSA) is 51.2 Å². The highest BCUT2D eigenvalue weighted by molar-refractivity contribution is 7.99. The van der Waals surface area contributed by atoms with Gasteiger partial charge in [-0.05, 0) is 35.5 Å². The second kappa shape index (κ2) is 9.85. The Morgan fingerprint density at radius 3 is 2.57 bits per heavy atom. The molecule has 0 aliphatic rings. The summed E-state index contributed by atoms with van der Waals surface area (Å²) in [5, 5.41) is 2.75. The lowest BCUT2D eigenvalue weighted by atomic mass is 10.2. The van der Waals surface area contributed by atoms with Crippen LogP contribution in [0, 0.1) is 0 Å². The third kappa shape index (κ3) is 5.53. The zero-order valence-electron chi connectivity index (χ0n) is 14.8. The van der Waals surface area contributed by atoms with Crippen molar-refractivity contribution >= 4 is 17.7 Å². The first kappa shape index (κ1) is 19.8. The summed E-state index contributed by atoms with van der Waals surface area (Å²) in [5.41, 5.74) is 1.94. The molecule has 0 atom stereocenters. The number of halogens is 2. The number of para-hydroxylation sites is 1. The summed E-state index contributed by atoms with van der Waals surface area (Å²) in [6.45, 7) is 0.612. The van der Waals surface area contributed by atoms with Crippen molar-refractivity contribution in [1.29, 1.82) is 0 Å². The summed E-state index contributed by atoms with van der Waals surface area (Å²) in [6.07, 6.45) is 1.38. The molecule has 4 nitrogen and oxygen atoms in total. The molecule has 0 saturated heterocycles. The van der Waals surface area contributed by atoms with E-state index in [1.807, 2.05) is 54.6 Å². The number of nitrogens with one attached hydrogen (secondary N) is 1. The van der Waals surface area contributed by atoms with Gasteiger partial charge in [0, 0.05) is 18.3 Å². The average Bonchev–Trinajstić information content (AvgIpc) is 2.72. The van der Waals surface area contributed by atoms with Gasteiger partial charge in [-0.1, -0.05) is 48.5 Å². The molecule has 144 valence electrons. The van der Waals surface area contributed by atoms with E-state index in [4.69, 9.17) is 4.74 Å². The van der Waals surface area contributed by atoms with Crippen LogP contribution >= 0.6 is 11.8 Å². The first-order chi connectivity index (χ1) is 13.6. The molecule has 28 heavy (non-hydrogen) atoms. The molecular formula is C21H18F2N2O2S. The molecule has 0 fully saturated rings. The van der Waals surface area contributed by atoms with Crippen LogP contribution in [-0.4, -0.2) is 16.6 Å². The van der Waals surface area contributed by atoms with Crippen LogP contribution in [0.2, 0.25) is 0 Å². The highest BCUT2D eigenvalue weighted by Crippen LogP contribution is 2.26. The fraction of sp³-hybridized carbons (Fsp3) is 0.143. The van der Waals surface area contributed by atoms with Crippen molar-refractivity contribution in [2.24, 2.45) is 0 Å². The van der Waals surface area contributed by atoms with Crippen LogP contribution in [0.5, 0.6) is 5.75 Å². The van der Waals surface area contributed by atoms with Crippen molar-refractivity contribution in [3.8, 4) is 5.75 Å². The van der Waals surface area contributed by atoms with Gasteiger partial charge in [0.1, 0.15) is 17.4 Å². The van der Waals surface area contributed by atoms with Gasteiger partial charge >= 0.3 is 0 Å². The molecular weight excluding hydrogens is 382 g/mol. The normalized spacial score (nSPS) is 10.7. The molecule has 0 saturated carbocycles. The Morgan fingerprint density at radius 2 is 1.79 bits per heavy atom.